The molecule has 0 unspecified atom stereocenters. The molecular weight excluding hydrogens is 215 g/mol. The van der Waals surface area contributed by atoms with E-state index >= 15 is 0 Å². The summed E-state index contributed by atoms with van der Waals surface area (Å²) in [5.41, 5.74) is 6.15. The lowest BCUT2D eigenvalue weighted by molar-refractivity contribution is 0.401. The Morgan fingerprint density at radius 2 is 1.71 bits per heavy atom. The van der Waals surface area contributed by atoms with E-state index in [1.54, 1.807) is 6.07 Å². The van der Waals surface area contributed by atoms with Crippen molar-refractivity contribution in [1.82, 2.24) is 5.32 Å². The van der Waals surface area contributed by atoms with E-state index in [4.69, 9.17) is 5.73 Å². The Balaban J connectivity index is 2.66. The Labute approximate surface area is 103 Å². The maximum Gasteiger partial charge on any atom is 0.126 e. The fourth-order valence-corrected chi connectivity index (χ4v) is 1.80. The quantitative estimate of drug-likeness (QED) is 0.827. The summed E-state index contributed by atoms with van der Waals surface area (Å²) in [5.74, 6) is -0.147. The van der Waals surface area contributed by atoms with Gasteiger partial charge in [0.15, 0.2) is 0 Å². The van der Waals surface area contributed by atoms with Crippen molar-refractivity contribution in [3.8, 4) is 0 Å². The number of halogens is 1. The lowest BCUT2D eigenvalue weighted by Crippen LogP contribution is -2.46. The molecular formula is C14H23FN2. The zero-order valence-electron chi connectivity index (χ0n) is 11.2. The van der Waals surface area contributed by atoms with E-state index in [1.807, 2.05) is 39.8 Å². The lowest BCUT2D eigenvalue weighted by atomic mass is 9.84. The van der Waals surface area contributed by atoms with Gasteiger partial charge in [-0.05, 0) is 25.5 Å². The van der Waals surface area contributed by atoms with Gasteiger partial charge in [-0.15, -0.1) is 0 Å². The van der Waals surface area contributed by atoms with Gasteiger partial charge in [0.25, 0.3) is 0 Å². The molecule has 0 aliphatic carbocycles. The summed E-state index contributed by atoms with van der Waals surface area (Å²) >= 11 is 0. The standard InChI is InChI=1S/C14H23FN2/c1-13(2,9-17-10-14(3,4)16)11-7-5-6-8-12(11)15/h5-8,17H,9-10,16H2,1-4H3. The molecule has 0 aromatic heterocycles. The minimum Gasteiger partial charge on any atom is -0.324 e. The van der Waals surface area contributed by atoms with E-state index in [2.05, 4.69) is 5.32 Å². The number of nitrogens with one attached hydrogen (secondary N) is 1. The minimum atomic E-state index is -0.245. The first-order valence-corrected chi connectivity index (χ1v) is 5.97. The molecule has 0 bridgehead atoms. The molecule has 0 fully saturated rings. The van der Waals surface area contributed by atoms with Crippen molar-refractivity contribution in [1.29, 1.82) is 0 Å². The second kappa shape index (κ2) is 5.15. The molecule has 3 N–H and O–H groups in total. The average Bonchev–Trinajstić information content (AvgIpc) is 2.15. The van der Waals surface area contributed by atoms with Crippen molar-refractivity contribution < 1.29 is 4.39 Å². The molecule has 96 valence electrons. The van der Waals surface area contributed by atoms with Crippen LogP contribution in [0.4, 0.5) is 4.39 Å². The summed E-state index contributed by atoms with van der Waals surface area (Å²) in [5, 5.41) is 3.30. The first-order valence-electron chi connectivity index (χ1n) is 5.97. The van der Waals surface area contributed by atoms with Crippen LogP contribution in [-0.4, -0.2) is 18.6 Å². The lowest BCUT2D eigenvalue weighted by Gasteiger charge is -2.28. The van der Waals surface area contributed by atoms with Crippen molar-refractivity contribution >= 4 is 0 Å². The highest BCUT2D eigenvalue weighted by Gasteiger charge is 2.24. The molecule has 2 nitrogen and oxygen atoms in total. The van der Waals surface area contributed by atoms with Gasteiger partial charge in [0.1, 0.15) is 5.82 Å². The number of rotatable bonds is 5. The molecule has 17 heavy (non-hydrogen) atoms. The fraction of sp³-hybridized carbons (Fsp3) is 0.571. The zero-order valence-corrected chi connectivity index (χ0v) is 11.2. The number of benzene rings is 1. The maximum atomic E-state index is 13.7. The van der Waals surface area contributed by atoms with Crippen LogP contribution in [0.1, 0.15) is 33.3 Å². The third-order valence-electron chi connectivity index (χ3n) is 2.75. The van der Waals surface area contributed by atoms with E-state index in [-0.39, 0.29) is 16.8 Å². The third-order valence-corrected chi connectivity index (χ3v) is 2.75. The highest BCUT2D eigenvalue weighted by atomic mass is 19.1. The fourth-order valence-electron chi connectivity index (χ4n) is 1.80. The van der Waals surface area contributed by atoms with Gasteiger partial charge in [0, 0.05) is 24.0 Å². The Kier molecular flexibility index (Phi) is 4.28. The van der Waals surface area contributed by atoms with Crippen molar-refractivity contribution in [2.75, 3.05) is 13.1 Å². The summed E-state index contributed by atoms with van der Waals surface area (Å²) in [6, 6.07) is 6.92. The van der Waals surface area contributed by atoms with Crippen molar-refractivity contribution in [3.63, 3.8) is 0 Å². The van der Waals surface area contributed by atoms with Crippen molar-refractivity contribution in [2.45, 2.75) is 38.6 Å². The molecule has 0 spiro atoms. The van der Waals surface area contributed by atoms with Gasteiger partial charge in [0.05, 0.1) is 0 Å². The third kappa shape index (κ3) is 4.44. The number of nitrogens with two attached hydrogens (primary N) is 1. The second-order valence-corrected chi connectivity index (χ2v) is 5.96. The van der Waals surface area contributed by atoms with Crippen LogP contribution in [0.3, 0.4) is 0 Å². The summed E-state index contributed by atoms with van der Waals surface area (Å²) < 4.78 is 13.7. The minimum absolute atomic E-state index is 0.147. The van der Waals surface area contributed by atoms with Gasteiger partial charge in [-0.2, -0.15) is 0 Å². The molecule has 0 aliphatic rings. The van der Waals surface area contributed by atoms with E-state index < -0.39 is 0 Å². The van der Waals surface area contributed by atoms with Crippen molar-refractivity contribution in [3.05, 3.63) is 35.6 Å². The molecule has 1 rings (SSSR count). The topological polar surface area (TPSA) is 38.0 Å². The zero-order chi connectivity index (χ0) is 13.1. The van der Waals surface area contributed by atoms with E-state index in [0.717, 1.165) is 5.56 Å². The summed E-state index contributed by atoms with van der Waals surface area (Å²) in [4.78, 5) is 0. The molecule has 0 atom stereocenters. The molecule has 0 heterocycles. The maximum absolute atomic E-state index is 13.7. The highest BCUT2D eigenvalue weighted by molar-refractivity contribution is 5.25. The largest absolute Gasteiger partial charge is 0.324 e. The van der Waals surface area contributed by atoms with Gasteiger partial charge in [0.2, 0.25) is 0 Å². The first-order chi connectivity index (χ1) is 7.72. The van der Waals surface area contributed by atoms with Crippen LogP contribution in [-0.2, 0) is 5.41 Å². The van der Waals surface area contributed by atoms with Crippen LogP contribution in [0.15, 0.2) is 24.3 Å². The van der Waals surface area contributed by atoms with Gasteiger partial charge in [-0.1, -0.05) is 32.0 Å². The Bertz CT molecular complexity index is 367. The van der Waals surface area contributed by atoms with E-state index in [1.165, 1.54) is 6.07 Å². The summed E-state index contributed by atoms with van der Waals surface area (Å²) in [6.45, 7) is 9.41. The van der Waals surface area contributed by atoms with Crippen LogP contribution in [0.25, 0.3) is 0 Å². The van der Waals surface area contributed by atoms with Gasteiger partial charge >= 0.3 is 0 Å². The Morgan fingerprint density at radius 3 is 2.24 bits per heavy atom. The first kappa shape index (κ1) is 14.1. The monoisotopic (exact) mass is 238 g/mol. The van der Waals surface area contributed by atoms with Crippen molar-refractivity contribution in [2.24, 2.45) is 5.73 Å². The highest BCUT2D eigenvalue weighted by Crippen LogP contribution is 2.24. The van der Waals surface area contributed by atoms with Gasteiger partial charge < -0.3 is 11.1 Å². The second-order valence-electron chi connectivity index (χ2n) is 5.96. The molecule has 3 heteroatoms. The van der Waals surface area contributed by atoms with E-state index in [0.29, 0.717) is 13.1 Å². The summed E-state index contributed by atoms with van der Waals surface area (Å²) in [6.07, 6.45) is 0. The Morgan fingerprint density at radius 1 is 1.12 bits per heavy atom. The number of hydrogen-bond donors (Lipinski definition) is 2. The molecule has 1 aromatic carbocycles. The smallest absolute Gasteiger partial charge is 0.126 e. The SMILES string of the molecule is CC(C)(N)CNCC(C)(C)c1ccccc1F. The van der Waals surface area contributed by atoms with Crippen LogP contribution >= 0.6 is 0 Å². The van der Waals surface area contributed by atoms with Crippen LogP contribution in [0.5, 0.6) is 0 Å². The number of hydrogen-bond acceptors (Lipinski definition) is 2. The van der Waals surface area contributed by atoms with Crippen LogP contribution < -0.4 is 11.1 Å². The van der Waals surface area contributed by atoms with Gasteiger partial charge in [-0.3, -0.25) is 0 Å². The molecule has 0 saturated carbocycles. The van der Waals surface area contributed by atoms with Crippen LogP contribution in [0.2, 0.25) is 0 Å². The molecule has 0 aliphatic heterocycles. The summed E-state index contributed by atoms with van der Waals surface area (Å²) in [7, 11) is 0. The molecule has 1 aromatic rings. The predicted molar refractivity (Wildman–Crippen MR) is 70.6 cm³/mol. The van der Waals surface area contributed by atoms with Gasteiger partial charge in [-0.25, -0.2) is 4.39 Å². The molecule has 0 saturated heterocycles. The predicted octanol–water partition coefficient (Wildman–Crippen LogP) is 2.43. The average molecular weight is 238 g/mol. The Hall–Kier alpha value is -0.930. The molecule has 0 radical (unpaired) electrons. The van der Waals surface area contributed by atoms with Crippen LogP contribution in [0, 0.1) is 5.82 Å². The normalized spacial score (nSPS) is 12.8. The van der Waals surface area contributed by atoms with E-state index in [9.17, 15) is 4.39 Å². The molecule has 0 amide bonds.